The maximum absolute atomic E-state index is 12.1. The minimum absolute atomic E-state index is 0.285. The van der Waals surface area contributed by atoms with E-state index in [-0.39, 0.29) is 6.54 Å². The Morgan fingerprint density at radius 3 is 2.52 bits per heavy atom. The van der Waals surface area contributed by atoms with Crippen molar-refractivity contribution in [2.45, 2.75) is 37.9 Å². The Bertz CT molecular complexity index is 481. The number of nitrogens with zero attached hydrogens (tertiary/aromatic N) is 1. The van der Waals surface area contributed by atoms with Crippen LogP contribution in [0.15, 0.2) is 0 Å². The number of hydrogen-bond acceptors (Lipinski definition) is 6. The second-order valence-corrected chi connectivity index (χ2v) is 5.33. The summed E-state index contributed by atoms with van der Waals surface area (Å²) in [6.45, 7) is 0.785. The maximum atomic E-state index is 12.1. The van der Waals surface area contributed by atoms with Crippen LogP contribution in [0.25, 0.3) is 0 Å². The molecular weight excluding hydrogens is 308 g/mol. The van der Waals surface area contributed by atoms with Gasteiger partial charge in [0.1, 0.15) is 12.1 Å². The summed E-state index contributed by atoms with van der Waals surface area (Å²) in [5.41, 5.74) is 5.37. The molecule has 10 nitrogen and oxygen atoms in total. The summed E-state index contributed by atoms with van der Waals surface area (Å²) in [4.78, 5) is 47.7. The molecule has 0 aromatic rings. The van der Waals surface area contributed by atoms with E-state index in [2.05, 4.69) is 10.6 Å². The van der Waals surface area contributed by atoms with Gasteiger partial charge in [0.2, 0.25) is 17.7 Å². The lowest BCUT2D eigenvalue weighted by molar-refractivity contribution is -0.144. The molecule has 1 fully saturated rings. The molecule has 0 aromatic carbocycles. The van der Waals surface area contributed by atoms with Crippen molar-refractivity contribution in [1.29, 1.82) is 0 Å². The molecule has 23 heavy (non-hydrogen) atoms. The van der Waals surface area contributed by atoms with Crippen LogP contribution in [0, 0.1) is 0 Å². The number of rotatable bonds is 7. The zero-order chi connectivity index (χ0) is 17.6. The van der Waals surface area contributed by atoms with Crippen LogP contribution in [0.2, 0.25) is 0 Å². The maximum Gasteiger partial charge on any atom is 0.328 e. The summed E-state index contributed by atoms with van der Waals surface area (Å²) in [6.07, 6.45) is 0.971. The first-order chi connectivity index (χ1) is 10.8. The van der Waals surface area contributed by atoms with Gasteiger partial charge in [-0.2, -0.15) is 0 Å². The number of nitrogens with two attached hydrogens (primary N) is 1. The molecule has 0 radical (unpaired) electrons. The molecule has 130 valence electrons. The lowest BCUT2D eigenvalue weighted by atomic mass is 10.2. The Balaban J connectivity index is 2.62. The van der Waals surface area contributed by atoms with Crippen molar-refractivity contribution in [2.24, 2.45) is 5.73 Å². The third-order valence-electron chi connectivity index (χ3n) is 3.50. The number of carbonyl (C=O) groups excluding carboxylic acids is 3. The average Bonchev–Trinajstić information content (AvgIpc) is 2.98. The van der Waals surface area contributed by atoms with Gasteiger partial charge < -0.3 is 31.5 Å². The molecule has 3 amide bonds. The summed E-state index contributed by atoms with van der Waals surface area (Å²) in [5.74, 6) is -2.94. The minimum atomic E-state index is -1.42. The Morgan fingerprint density at radius 1 is 1.35 bits per heavy atom. The molecule has 1 aliphatic heterocycles. The first-order valence-electron chi connectivity index (χ1n) is 7.24. The number of amides is 3. The van der Waals surface area contributed by atoms with E-state index in [1.54, 1.807) is 0 Å². The Hall–Kier alpha value is -2.20. The smallest absolute Gasteiger partial charge is 0.328 e. The second kappa shape index (κ2) is 8.44. The molecule has 1 heterocycles. The quantitative estimate of drug-likeness (QED) is 0.332. The molecule has 1 saturated heterocycles. The molecule has 1 rings (SSSR count). The fraction of sp³-hybridized carbons (Fsp3) is 0.692. The molecule has 6 N–H and O–H groups in total. The van der Waals surface area contributed by atoms with Crippen molar-refractivity contribution >= 4 is 23.7 Å². The third-order valence-corrected chi connectivity index (χ3v) is 3.50. The van der Waals surface area contributed by atoms with Gasteiger partial charge in [0, 0.05) is 6.54 Å². The van der Waals surface area contributed by atoms with Crippen molar-refractivity contribution in [2.75, 3.05) is 19.7 Å². The van der Waals surface area contributed by atoms with Crippen LogP contribution in [0.1, 0.15) is 19.8 Å². The monoisotopic (exact) mass is 330 g/mol. The van der Waals surface area contributed by atoms with Gasteiger partial charge in [0.05, 0.1) is 19.2 Å². The number of carboxylic acid groups (broad SMARTS) is 1. The Kier molecular flexibility index (Phi) is 6.91. The van der Waals surface area contributed by atoms with E-state index in [0.29, 0.717) is 19.4 Å². The highest BCUT2D eigenvalue weighted by atomic mass is 16.4. The number of aliphatic hydroxyl groups is 1. The molecule has 0 bridgehead atoms. The van der Waals surface area contributed by atoms with Crippen molar-refractivity contribution in [3.05, 3.63) is 0 Å². The van der Waals surface area contributed by atoms with Gasteiger partial charge in [-0.05, 0) is 19.8 Å². The standard InChI is InChI=1S/C13H22N4O6/c1-7(14)11(20)15-5-10(19)17-4-2-3-9(17)12(21)16-8(6-18)13(22)23/h7-9,18H,2-6,14H2,1H3,(H,15,20)(H,16,21)(H,22,23). The summed E-state index contributed by atoms with van der Waals surface area (Å²) in [7, 11) is 0. The van der Waals surface area contributed by atoms with Crippen LogP contribution in [0.5, 0.6) is 0 Å². The normalized spacial score (nSPS) is 19.8. The highest BCUT2D eigenvalue weighted by Gasteiger charge is 2.35. The van der Waals surface area contributed by atoms with Gasteiger partial charge in [-0.25, -0.2) is 4.79 Å². The summed E-state index contributed by atoms with van der Waals surface area (Å²) in [6, 6.07) is -2.98. The number of carboxylic acids is 1. The Labute approximate surface area is 133 Å². The van der Waals surface area contributed by atoms with Crippen molar-refractivity contribution in [3.8, 4) is 0 Å². The van der Waals surface area contributed by atoms with Crippen LogP contribution in [-0.4, -0.2) is 76.6 Å². The largest absolute Gasteiger partial charge is 0.480 e. The van der Waals surface area contributed by atoms with Gasteiger partial charge >= 0.3 is 5.97 Å². The molecule has 10 heteroatoms. The minimum Gasteiger partial charge on any atom is -0.480 e. The van der Waals surface area contributed by atoms with E-state index in [0.717, 1.165) is 0 Å². The molecule has 0 spiro atoms. The van der Waals surface area contributed by atoms with Crippen LogP contribution < -0.4 is 16.4 Å². The number of likely N-dealkylation sites (tertiary alicyclic amines) is 1. The van der Waals surface area contributed by atoms with Crippen LogP contribution in [-0.2, 0) is 19.2 Å². The zero-order valence-electron chi connectivity index (χ0n) is 12.8. The molecule has 0 aromatic heterocycles. The van der Waals surface area contributed by atoms with Gasteiger partial charge in [0.25, 0.3) is 0 Å². The van der Waals surface area contributed by atoms with E-state index in [1.165, 1.54) is 11.8 Å². The number of nitrogens with one attached hydrogen (secondary N) is 2. The van der Waals surface area contributed by atoms with Crippen molar-refractivity contribution in [1.82, 2.24) is 15.5 Å². The zero-order valence-corrected chi connectivity index (χ0v) is 12.8. The predicted octanol–water partition coefficient (Wildman–Crippen LogP) is -3.00. The molecule has 1 aliphatic rings. The number of carbonyl (C=O) groups is 4. The first-order valence-corrected chi connectivity index (χ1v) is 7.24. The van der Waals surface area contributed by atoms with Crippen LogP contribution in [0.4, 0.5) is 0 Å². The van der Waals surface area contributed by atoms with Gasteiger partial charge in [-0.15, -0.1) is 0 Å². The van der Waals surface area contributed by atoms with E-state index < -0.39 is 48.4 Å². The van der Waals surface area contributed by atoms with Gasteiger partial charge in [0.15, 0.2) is 0 Å². The average molecular weight is 330 g/mol. The van der Waals surface area contributed by atoms with E-state index in [9.17, 15) is 19.2 Å². The van der Waals surface area contributed by atoms with E-state index in [4.69, 9.17) is 15.9 Å². The van der Waals surface area contributed by atoms with Gasteiger partial charge in [-0.3, -0.25) is 14.4 Å². The predicted molar refractivity (Wildman–Crippen MR) is 78.0 cm³/mol. The molecule has 3 atom stereocenters. The molecular formula is C13H22N4O6. The summed E-state index contributed by atoms with van der Waals surface area (Å²) >= 11 is 0. The van der Waals surface area contributed by atoms with Crippen LogP contribution >= 0.6 is 0 Å². The number of aliphatic carboxylic acids is 1. The van der Waals surface area contributed by atoms with Crippen molar-refractivity contribution in [3.63, 3.8) is 0 Å². The number of hydrogen-bond donors (Lipinski definition) is 5. The molecule has 3 unspecified atom stereocenters. The van der Waals surface area contributed by atoms with Gasteiger partial charge in [-0.1, -0.05) is 0 Å². The van der Waals surface area contributed by atoms with Crippen LogP contribution in [0.3, 0.4) is 0 Å². The lowest BCUT2D eigenvalue weighted by Gasteiger charge is -2.25. The molecule has 0 aliphatic carbocycles. The number of aliphatic hydroxyl groups excluding tert-OH is 1. The highest BCUT2D eigenvalue weighted by molar-refractivity contribution is 5.92. The highest BCUT2D eigenvalue weighted by Crippen LogP contribution is 2.17. The van der Waals surface area contributed by atoms with Crippen molar-refractivity contribution < 1.29 is 29.4 Å². The van der Waals surface area contributed by atoms with E-state index in [1.807, 2.05) is 0 Å². The first kappa shape index (κ1) is 18.8. The van der Waals surface area contributed by atoms with E-state index >= 15 is 0 Å². The topological polar surface area (TPSA) is 162 Å². The fourth-order valence-corrected chi connectivity index (χ4v) is 2.22. The SMILES string of the molecule is CC(N)C(=O)NCC(=O)N1CCCC1C(=O)NC(CO)C(=O)O. The summed E-state index contributed by atoms with van der Waals surface area (Å²) in [5, 5.41) is 22.3. The summed E-state index contributed by atoms with van der Waals surface area (Å²) < 4.78 is 0. The third kappa shape index (κ3) is 5.18. The Morgan fingerprint density at radius 2 is 2.00 bits per heavy atom. The second-order valence-electron chi connectivity index (χ2n) is 5.33. The molecule has 0 saturated carbocycles. The lowest BCUT2D eigenvalue weighted by Crippen LogP contribution is -2.53. The fourth-order valence-electron chi connectivity index (χ4n) is 2.22.